The van der Waals surface area contributed by atoms with Gasteiger partial charge >= 0.3 is 6.09 Å². The van der Waals surface area contributed by atoms with E-state index in [1.54, 1.807) is 6.08 Å². The second-order valence-corrected chi connectivity index (χ2v) is 5.49. The number of hydrogen-bond donors (Lipinski definition) is 2. The molecule has 0 aliphatic carbocycles. The molecule has 1 aliphatic heterocycles. The molecule has 5 heteroatoms. The summed E-state index contributed by atoms with van der Waals surface area (Å²) in [5.41, 5.74) is 0.559. The van der Waals surface area contributed by atoms with Crippen LogP contribution >= 0.6 is 0 Å². The third kappa shape index (κ3) is 2.58. The SMILES string of the molecule is C=CCNC(=O)C1(CCCC)c2ccccc2CN1C(=O)O. The highest BCUT2D eigenvalue weighted by atomic mass is 16.4. The van der Waals surface area contributed by atoms with Gasteiger partial charge in [-0.05, 0) is 17.5 Å². The van der Waals surface area contributed by atoms with Crippen molar-refractivity contribution in [3.63, 3.8) is 0 Å². The van der Waals surface area contributed by atoms with Gasteiger partial charge < -0.3 is 10.4 Å². The van der Waals surface area contributed by atoms with Crippen LogP contribution in [0, 0.1) is 0 Å². The van der Waals surface area contributed by atoms with Crippen molar-refractivity contribution in [1.29, 1.82) is 0 Å². The van der Waals surface area contributed by atoms with Crippen molar-refractivity contribution in [3.8, 4) is 0 Å². The Labute approximate surface area is 130 Å². The van der Waals surface area contributed by atoms with Crippen LogP contribution in [0.5, 0.6) is 0 Å². The van der Waals surface area contributed by atoms with Gasteiger partial charge in [0, 0.05) is 6.54 Å². The molecule has 5 nitrogen and oxygen atoms in total. The standard InChI is InChI=1S/C17H22N2O3/c1-3-5-10-17(15(20)18-11-4-2)14-9-7-6-8-13(14)12-19(17)16(21)22/h4,6-9H,2-3,5,10-12H2,1H3,(H,18,20)(H,21,22). The number of nitrogens with zero attached hydrogens (tertiary/aromatic N) is 1. The van der Waals surface area contributed by atoms with Crippen molar-refractivity contribution in [3.05, 3.63) is 48.0 Å². The van der Waals surface area contributed by atoms with Crippen LogP contribution in [0.1, 0.15) is 37.3 Å². The molecule has 1 aliphatic rings. The summed E-state index contributed by atoms with van der Waals surface area (Å²) in [5.74, 6) is -0.270. The summed E-state index contributed by atoms with van der Waals surface area (Å²) in [7, 11) is 0. The zero-order valence-electron chi connectivity index (χ0n) is 12.8. The molecule has 2 N–H and O–H groups in total. The first kappa shape index (κ1) is 16.1. The van der Waals surface area contributed by atoms with Gasteiger partial charge in [-0.2, -0.15) is 0 Å². The average molecular weight is 302 g/mol. The Morgan fingerprint density at radius 2 is 2.18 bits per heavy atom. The van der Waals surface area contributed by atoms with Gasteiger partial charge in [-0.1, -0.05) is 50.1 Å². The lowest BCUT2D eigenvalue weighted by molar-refractivity contribution is -0.133. The average Bonchev–Trinajstić information content (AvgIpc) is 2.86. The highest BCUT2D eigenvalue weighted by Gasteiger charge is 2.52. The van der Waals surface area contributed by atoms with E-state index in [2.05, 4.69) is 11.9 Å². The van der Waals surface area contributed by atoms with E-state index in [1.165, 1.54) is 4.90 Å². The Morgan fingerprint density at radius 3 is 2.82 bits per heavy atom. The van der Waals surface area contributed by atoms with Crippen molar-refractivity contribution in [2.45, 2.75) is 38.3 Å². The minimum absolute atomic E-state index is 0.247. The number of carbonyl (C=O) groups excluding carboxylic acids is 1. The van der Waals surface area contributed by atoms with E-state index < -0.39 is 11.6 Å². The van der Waals surface area contributed by atoms with Crippen molar-refractivity contribution in [2.75, 3.05) is 6.54 Å². The second kappa shape index (κ2) is 6.64. The number of carbonyl (C=O) groups is 2. The van der Waals surface area contributed by atoms with Crippen LogP contribution in [0.3, 0.4) is 0 Å². The van der Waals surface area contributed by atoms with E-state index in [0.717, 1.165) is 24.0 Å². The quantitative estimate of drug-likeness (QED) is 0.794. The fourth-order valence-corrected chi connectivity index (χ4v) is 3.12. The zero-order valence-corrected chi connectivity index (χ0v) is 12.8. The molecule has 0 radical (unpaired) electrons. The Bertz CT molecular complexity index is 585. The summed E-state index contributed by atoms with van der Waals surface area (Å²) in [6, 6.07) is 7.48. The monoisotopic (exact) mass is 302 g/mol. The molecule has 2 amide bonds. The van der Waals surface area contributed by atoms with Crippen LogP contribution in [0.25, 0.3) is 0 Å². The third-order valence-electron chi connectivity index (χ3n) is 4.16. The fraction of sp³-hybridized carbons (Fsp3) is 0.412. The maximum absolute atomic E-state index is 12.8. The molecular weight excluding hydrogens is 280 g/mol. The number of hydrogen-bond acceptors (Lipinski definition) is 2. The first-order valence-corrected chi connectivity index (χ1v) is 7.56. The molecule has 0 spiro atoms. The zero-order chi connectivity index (χ0) is 16.2. The van der Waals surface area contributed by atoms with Crippen molar-refractivity contribution in [1.82, 2.24) is 10.2 Å². The van der Waals surface area contributed by atoms with Crippen LogP contribution in [-0.4, -0.2) is 28.6 Å². The van der Waals surface area contributed by atoms with Crippen molar-refractivity contribution < 1.29 is 14.7 Å². The van der Waals surface area contributed by atoms with E-state index in [-0.39, 0.29) is 12.5 Å². The molecule has 0 aromatic heterocycles. The van der Waals surface area contributed by atoms with Gasteiger partial charge in [0.25, 0.3) is 5.91 Å². The molecule has 1 atom stereocenters. The lowest BCUT2D eigenvalue weighted by Gasteiger charge is -2.36. The maximum atomic E-state index is 12.8. The van der Waals surface area contributed by atoms with E-state index in [0.29, 0.717) is 13.0 Å². The van der Waals surface area contributed by atoms with Gasteiger partial charge in [0.1, 0.15) is 0 Å². The molecule has 1 aromatic rings. The lowest BCUT2D eigenvalue weighted by atomic mass is 9.83. The van der Waals surface area contributed by atoms with Gasteiger partial charge in [-0.15, -0.1) is 6.58 Å². The third-order valence-corrected chi connectivity index (χ3v) is 4.16. The normalized spacial score (nSPS) is 19.6. The maximum Gasteiger partial charge on any atom is 0.408 e. The van der Waals surface area contributed by atoms with Gasteiger partial charge in [-0.3, -0.25) is 9.69 Å². The minimum Gasteiger partial charge on any atom is -0.465 e. The summed E-state index contributed by atoms with van der Waals surface area (Å²) >= 11 is 0. The predicted octanol–water partition coefficient (Wildman–Crippen LogP) is 2.87. The summed E-state index contributed by atoms with van der Waals surface area (Å²) in [6.07, 6.45) is 2.68. The molecule has 118 valence electrons. The van der Waals surface area contributed by atoms with Gasteiger partial charge in [0.15, 0.2) is 5.54 Å². The number of benzene rings is 1. The van der Waals surface area contributed by atoms with Crippen LogP contribution in [0.4, 0.5) is 4.79 Å². The van der Waals surface area contributed by atoms with Crippen LogP contribution in [0.15, 0.2) is 36.9 Å². The number of unbranched alkanes of at least 4 members (excludes halogenated alkanes) is 1. The highest BCUT2D eigenvalue weighted by molar-refractivity contribution is 5.92. The molecular formula is C17H22N2O3. The molecule has 0 saturated heterocycles. The molecule has 1 aromatic carbocycles. The number of fused-ring (bicyclic) bond motifs is 1. The summed E-state index contributed by atoms with van der Waals surface area (Å²) < 4.78 is 0. The Balaban J connectivity index is 2.52. The molecule has 22 heavy (non-hydrogen) atoms. The van der Waals surface area contributed by atoms with E-state index in [9.17, 15) is 14.7 Å². The lowest BCUT2D eigenvalue weighted by Crippen LogP contribution is -2.54. The minimum atomic E-state index is -1.14. The largest absolute Gasteiger partial charge is 0.465 e. The van der Waals surface area contributed by atoms with Gasteiger partial charge in [-0.25, -0.2) is 4.79 Å². The van der Waals surface area contributed by atoms with E-state index >= 15 is 0 Å². The van der Waals surface area contributed by atoms with E-state index in [4.69, 9.17) is 0 Å². The Hall–Kier alpha value is -2.30. The summed E-state index contributed by atoms with van der Waals surface area (Å²) in [4.78, 5) is 25.9. The first-order chi connectivity index (χ1) is 10.6. The number of amides is 2. The summed E-state index contributed by atoms with van der Waals surface area (Å²) in [6.45, 7) is 6.20. The molecule has 0 fully saturated rings. The Morgan fingerprint density at radius 1 is 1.45 bits per heavy atom. The topological polar surface area (TPSA) is 69.6 Å². The van der Waals surface area contributed by atoms with E-state index in [1.807, 2.05) is 31.2 Å². The van der Waals surface area contributed by atoms with Gasteiger partial charge in [0.05, 0.1) is 6.54 Å². The van der Waals surface area contributed by atoms with Crippen molar-refractivity contribution in [2.24, 2.45) is 0 Å². The highest BCUT2D eigenvalue weighted by Crippen LogP contribution is 2.43. The fourth-order valence-electron chi connectivity index (χ4n) is 3.12. The van der Waals surface area contributed by atoms with Crippen LogP contribution < -0.4 is 5.32 Å². The smallest absolute Gasteiger partial charge is 0.408 e. The molecule has 1 heterocycles. The molecule has 1 unspecified atom stereocenters. The molecule has 2 rings (SSSR count). The number of rotatable bonds is 6. The van der Waals surface area contributed by atoms with Crippen molar-refractivity contribution >= 4 is 12.0 Å². The van der Waals surface area contributed by atoms with Crippen LogP contribution in [-0.2, 0) is 16.9 Å². The predicted molar refractivity (Wildman–Crippen MR) is 84.4 cm³/mol. The number of carboxylic acid groups (broad SMARTS) is 1. The van der Waals surface area contributed by atoms with Crippen LogP contribution in [0.2, 0.25) is 0 Å². The number of nitrogens with one attached hydrogen (secondary N) is 1. The van der Waals surface area contributed by atoms with Gasteiger partial charge in [0.2, 0.25) is 0 Å². The Kier molecular flexibility index (Phi) is 4.85. The summed E-state index contributed by atoms with van der Waals surface area (Å²) in [5, 5.41) is 12.4. The second-order valence-electron chi connectivity index (χ2n) is 5.49. The molecule has 0 saturated carbocycles. The molecule has 0 bridgehead atoms. The first-order valence-electron chi connectivity index (χ1n) is 7.56.